The summed E-state index contributed by atoms with van der Waals surface area (Å²) in [5.41, 5.74) is 0.312. The van der Waals surface area contributed by atoms with Gasteiger partial charge >= 0.3 is 17.9 Å². The second kappa shape index (κ2) is 10.3. The third kappa shape index (κ3) is 7.56. The molecule has 3 atom stereocenters. The van der Waals surface area contributed by atoms with E-state index in [4.69, 9.17) is 19.3 Å². The van der Waals surface area contributed by atoms with E-state index in [1.54, 1.807) is 6.92 Å². The van der Waals surface area contributed by atoms with Crippen LogP contribution in [0.25, 0.3) is 0 Å². The highest BCUT2D eigenvalue weighted by molar-refractivity contribution is 5.69. The van der Waals surface area contributed by atoms with Gasteiger partial charge in [-0.1, -0.05) is 6.92 Å². The van der Waals surface area contributed by atoms with Crippen LogP contribution in [0, 0.1) is 5.92 Å². The summed E-state index contributed by atoms with van der Waals surface area (Å²) < 4.78 is 16.5. The van der Waals surface area contributed by atoms with Crippen LogP contribution in [0.5, 0.6) is 0 Å². The van der Waals surface area contributed by atoms with Gasteiger partial charge in [0.2, 0.25) is 0 Å². The Labute approximate surface area is 154 Å². The molecule has 1 rings (SSSR count). The number of hydrogen-bond donors (Lipinski definition) is 1. The van der Waals surface area contributed by atoms with Crippen LogP contribution in [0.2, 0.25) is 0 Å². The van der Waals surface area contributed by atoms with Gasteiger partial charge in [0.15, 0.2) is 0 Å². The molecule has 1 aliphatic heterocycles. The molecule has 1 heterocycles. The fraction of sp³-hybridized carbons (Fsp3) is 0.737. The fourth-order valence-corrected chi connectivity index (χ4v) is 2.98. The molecule has 148 valence electrons. The van der Waals surface area contributed by atoms with Crippen molar-refractivity contribution in [1.82, 2.24) is 0 Å². The zero-order chi connectivity index (χ0) is 19.7. The molecule has 0 saturated carbocycles. The number of rotatable bonds is 8. The van der Waals surface area contributed by atoms with Crippen molar-refractivity contribution in [3.05, 3.63) is 11.6 Å². The lowest BCUT2D eigenvalue weighted by Crippen LogP contribution is -2.43. The van der Waals surface area contributed by atoms with Crippen molar-refractivity contribution in [1.29, 1.82) is 0 Å². The average molecular weight is 370 g/mol. The second-order valence-corrected chi connectivity index (χ2v) is 7.03. The second-order valence-electron chi connectivity index (χ2n) is 7.03. The van der Waals surface area contributed by atoms with E-state index in [9.17, 15) is 14.4 Å². The van der Waals surface area contributed by atoms with Crippen molar-refractivity contribution >= 4 is 17.9 Å². The predicted octanol–water partition coefficient (Wildman–Crippen LogP) is 2.87. The molecule has 0 aliphatic carbocycles. The molecule has 0 amide bonds. The van der Waals surface area contributed by atoms with Gasteiger partial charge in [-0.2, -0.15) is 0 Å². The number of aliphatic carboxylic acids is 1. The Kier molecular flexibility index (Phi) is 8.78. The molecule has 26 heavy (non-hydrogen) atoms. The smallest absolute Gasteiger partial charge is 0.306 e. The van der Waals surface area contributed by atoms with Crippen LogP contribution in [0.1, 0.15) is 59.8 Å². The zero-order valence-corrected chi connectivity index (χ0v) is 16.1. The molecule has 1 N–H and O–H groups in total. The highest BCUT2D eigenvalue weighted by Gasteiger charge is 2.39. The minimum absolute atomic E-state index is 0.194. The Balaban J connectivity index is 2.75. The molecule has 1 aliphatic rings. The molecular formula is C19H30O7. The van der Waals surface area contributed by atoms with E-state index in [0.29, 0.717) is 38.7 Å². The molecule has 7 heteroatoms. The molecule has 0 aromatic carbocycles. The highest BCUT2D eigenvalue weighted by Crippen LogP contribution is 2.33. The minimum Gasteiger partial charge on any atom is -0.481 e. The molecule has 0 aromatic heterocycles. The topological polar surface area (TPSA) is 99.1 Å². The molecule has 2 unspecified atom stereocenters. The van der Waals surface area contributed by atoms with Crippen molar-refractivity contribution in [2.45, 2.75) is 71.5 Å². The summed E-state index contributed by atoms with van der Waals surface area (Å²) in [6.45, 7) is 6.87. The number of hydrogen-bond acceptors (Lipinski definition) is 6. The maximum Gasteiger partial charge on any atom is 0.306 e. The van der Waals surface area contributed by atoms with Crippen molar-refractivity contribution in [2.75, 3.05) is 13.2 Å². The Morgan fingerprint density at radius 1 is 1.35 bits per heavy atom. The third-order valence-corrected chi connectivity index (χ3v) is 4.69. The van der Waals surface area contributed by atoms with Crippen LogP contribution in [0.3, 0.4) is 0 Å². The van der Waals surface area contributed by atoms with Crippen LogP contribution in [0.4, 0.5) is 0 Å². The summed E-state index contributed by atoms with van der Waals surface area (Å²) in [7, 11) is 0. The molecule has 0 bridgehead atoms. The highest BCUT2D eigenvalue weighted by atomic mass is 16.6. The molecular weight excluding hydrogens is 340 g/mol. The van der Waals surface area contributed by atoms with E-state index in [-0.39, 0.29) is 18.5 Å². The summed E-state index contributed by atoms with van der Waals surface area (Å²) in [6, 6.07) is 0. The van der Waals surface area contributed by atoms with E-state index >= 15 is 0 Å². The van der Waals surface area contributed by atoms with Gasteiger partial charge < -0.3 is 19.3 Å². The van der Waals surface area contributed by atoms with Crippen LogP contribution >= 0.6 is 0 Å². The Morgan fingerprint density at radius 2 is 2.04 bits per heavy atom. The first-order valence-electron chi connectivity index (χ1n) is 8.99. The SMILES string of the molecule is CC(=O)OC/C=C1\CC[C@@H](OC(C)=O)C(C)(CCCC(C)C(=O)O)OC1. The summed E-state index contributed by atoms with van der Waals surface area (Å²) in [5, 5.41) is 9.01. The number of carbonyl (C=O) groups excluding carboxylic acids is 2. The first kappa shape index (κ1) is 22.2. The molecule has 7 nitrogen and oxygen atoms in total. The van der Waals surface area contributed by atoms with Crippen LogP contribution in [-0.4, -0.2) is 47.9 Å². The molecule has 0 radical (unpaired) electrons. The standard InChI is InChI=1S/C19H30O7/c1-13(18(22)23)6-5-10-19(4)17(26-15(3)21)8-7-16(12-25-19)9-11-24-14(2)20/h9,13,17H,5-8,10-12H2,1-4H3,(H,22,23)/b16-9+/t13?,17-,19?/m1/s1. The predicted molar refractivity (Wildman–Crippen MR) is 94.5 cm³/mol. The van der Waals surface area contributed by atoms with Crippen molar-refractivity contribution in [3.63, 3.8) is 0 Å². The lowest BCUT2D eigenvalue weighted by Gasteiger charge is -2.35. The van der Waals surface area contributed by atoms with Crippen LogP contribution in [0.15, 0.2) is 11.6 Å². The molecule has 0 spiro atoms. The Bertz CT molecular complexity index is 540. The first-order valence-corrected chi connectivity index (χ1v) is 8.99. The van der Waals surface area contributed by atoms with Gasteiger partial charge in [-0.25, -0.2) is 0 Å². The minimum atomic E-state index is -0.816. The molecule has 0 aromatic rings. The Morgan fingerprint density at radius 3 is 2.62 bits per heavy atom. The van der Waals surface area contributed by atoms with Crippen LogP contribution < -0.4 is 0 Å². The van der Waals surface area contributed by atoms with E-state index in [2.05, 4.69) is 0 Å². The zero-order valence-electron chi connectivity index (χ0n) is 16.1. The number of esters is 2. The Hall–Kier alpha value is -1.89. The van der Waals surface area contributed by atoms with Gasteiger partial charge in [0, 0.05) is 13.8 Å². The van der Waals surface area contributed by atoms with E-state index in [1.807, 2.05) is 13.0 Å². The summed E-state index contributed by atoms with van der Waals surface area (Å²) in [5.74, 6) is -1.94. The van der Waals surface area contributed by atoms with Gasteiger partial charge in [-0.05, 0) is 50.7 Å². The normalized spacial score (nSPS) is 26.0. The number of carboxylic acids is 1. The van der Waals surface area contributed by atoms with Gasteiger partial charge in [0.05, 0.1) is 12.5 Å². The molecule has 1 saturated heterocycles. The number of ether oxygens (including phenoxy) is 3. The summed E-state index contributed by atoms with van der Waals surface area (Å²) in [6.07, 6.45) is 4.51. The van der Waals surface area contributed by atoms with Gasteiger partial charge in [0.1, 0.15) is 18.3 Å². The monoisotopic (exact) mass is 370 g/mol. The molecule has 1 fully saturated rings. The fourth-order valence-electron chi connectivity index (χ4n) is 2.98. The summed E-state index contributed by atoms with van der Waals surface area (Å²) >= 11 is 0. The maximum absolute atomic E-state index is 11.5. The van der Waals surface area contributed by atoms with Gasteiger partial charge in [-0.15, -0.1) is 0 Å². The van der Waals surface area contributed by atoms with Crippen LogP contribution in [-0.2, 0) is 28.6 Å². The maximum atomic E-state index is 11.5. The largest absolute Gasteiger partial charge is 0.481 e. The first-order chi connectivity index (χ1) is 12.1. The van der Waals surface area contributed by atoms with Gasteiger partial charge in [-0.3, -0.25) is 14.4 Å². The van der Waals surface area contributed by atoms with E-state index in [1.165, 1.54) is 13.8 Å². The third-order valence-electron chi connectivity index (χ3n) is 4.69. The van der Waals surface area contributed by atoms with Crippen molar-refractivity contribution in [3.8, 4) is 0 Å². The number of carboxylic acid groups (broad SMARTS) is 1. The lowest BCUT2D eigenvalue weighted by molar-refractivity contribution is -0.167. The lowest BCUT2D eigenvalue weighted by atomic mass is 9.88. The van der Waals surface area contributed by atoms with Crippen molar-refractivity contribution < 1.29 is 33.7 Å². The van der Waals surface area contributed by atoms with Gasteiger partial charge in [0.25, 0.3) is 0 Å². The summed E-state index contributed by atoms with van der Waals surface area (Å²) in [4.78, 5) is 33.3. The number of carbonyl (C=O) groups is 3. The van der Waals surface area contributed by atoms with Crippen molar-refractivity contribution in [2.24, 2.45) is 5.92 Å². The average Bonchev–Trinajstić information content (AvgIpc) is 2.68. The van der Waals surface area contributed by atoms with E-state index < -0.39 is 23.6 Å². The van der Waals surface area contributed by atoms with E-state index in [0.717, 1.165) is 5.57 Å². The quantitative estimate of drug-likeness (QED) is 0.518.